The van der Waals surface area contributed by atoms with Gasteiger partial charge in [-0.2, -0.15) is 13.2 Å². The zero-order valence-electron chi connectivity index (χ0n) is 16.5. The van der Waals surface area contributed by atoms with Crippen LogP contribution < -0.4 is 10.9 Å². The second-order valence-corrected chi connectivity index (χ2v) is 7.18. The number of hydrogen-bond acceptors (Lipinski definition) is 6. The fraction of sp³-hybridized carbons (Fsp3) is 0.0455. The van der Waals surface area contributed by atoms with E-state index in [1.165, 1.54) is 24.4 Å². The third-order valence-electron chi connectivity index (χ3n) is 4.54. The van der Waals surface area contributed by atoms with Crippen LogP contribution in [0, 0.1) is 5.82 Å². The molecular formula is C22H13ClF4N4O2. The number of aromatic nitrogens is 2. The summed E-state index contributed by atoms with van der Waals surface area (Å²) in [6, 6.07) is 11.2. The van der Waals surface area contributed by atoms with Crippen molar-refractivity contribution in [1.29, 1.82) is 0 Å². The first kappa shape index (κ1) is 22.3. The first-order chi connectivity index (χ1) is 15.7. The van der Waals surface area contributed by atoms with Gasteiger partial charge in [0.25, 0.3) is 0 Å². The van der Waals surface area contributed by atoms with Gasteiger partial charge in [0, 0.05) is 29.6 Å². The monoisotopic (exact) mass is 476 g/mol. The minimum absolute atomic E-state index is 0.0448. The predicted octanol–water partition coefficient (Wildman–Crippen LogP) is 6.01. The van der Waals surface area contributed by atoms with Gasteiger partial charge in [-0.3, -0.25) is 10.2 Å². The van der Waals surface area contributed by atoms with Crippen molar-refractivity contribution in [2.45, 2.75) is 6.18 Å². The Kier molecular flexibility index (Phi) is 6.01. The second-order valence-electron chi connectivity index (χ2n) is 6.77. The summed E-state index contributed by atoms with van der Waals surface area (Å²) in [5.74, 6) is -0.413. The molecule has 0 radical (unpaired) electrons. The fourth-order valence-corrected chi connectivity index (χ4v) is 3.13. The van der Waals surface area contributed by atoms with Crippen LogP contribution in [-0.2, 0) is 6.18 Å². The minimum Gasteiger partial charge on any atom is -0.355 e. The van der Waals surface area contributed by atoms with Crippen molar-refractivity contribution in [3.8, 4) is 11.3 Å². The molecule has 0 aliphatic heterocycles. The number of rotatable bonds is 6. The molecule has 4 rings (SSSR count). The van der Waals surface area contributed by atoms with Crippen LogP contribution in [0.2, 0.25) is 5.02 Å². The fourth-order valence-electron chi connectivity index (χ4n) is 2.91. The quantitative estimate of drug-likeness (QED) is 0.153. The highest BCUT2D eigenvalue weighted by Gasteiger charge is 2.31. The highest BCUT2D eigenvalue weighted by atomic mass is 35.5. The summed E-state index contributed by atoms with van der Waals surface area (Å²) in [5, 5.41) is 4.28. The topological polar surface area (TPSA) is 80.0 Å². The lowest BCUT2D eigenvalue weighted by Gasteiger charge is -2.10. The Morgan fingerprint density at radius 2 is 1.85 bits per heavy atom. The molecule has 6 nitrogen and oxygen atoms in total. The maximum absolute atomic E-state index is 13.2. The van der Waals surface area contributed by atoms with Gasteiger partial charge in [-0.15, -0.1) is 0 Å². The summed E-state index contributed by atoms with van der Waals surface area (Å²) < 4.78 is 56.5. The van der Waals surface area contributed by atoms with Gasteiger partial charge in [0.15, 0.2) is 17.4 Å². The van der Waals surface area contributed by atoms with Gasteiger partial charge < -0.3 is 9.95 Å². The van der Waals surface area contributed by atoms with Gasteiger partial charge in [0.05, 0.1) is 16.0 Å². The van der Waals surface area contributed by atoms with Gasteiger partial charge in [-0.05, 0) is 48.5 Å². The number of pyridine rings is 1. The van der Waals surface area contributed by atoms with Crippen molar-refractivity contribution < 1.29 is 26.9 Å². The summed E-state index contributed by atoms with van der Waals surface area (Å²) >= 11 is 5.80. The molecule has 0 unspecified atom stereocenters. The number of carbonyl (C=O) groups excluding carboxylic acids is 1. The minimum atomic E-state index is -4.56. The van der Waals surface area contributed by atoms with Gasteiger partial charge >= 0.3 is 6.18 Å². The van der Waals surface area contributed by atoms with Crippen molar-refractivity contribution in [3.63, 3.8) is 0 Å². The number of halogens is 5. The van der Waals surface area contributed by atoms with E-state index in [9.17, 15) is 22.4 Å². The number of nitrogens with one attached hydrogen (secondary N) is 2. The molecular weight excluding hydrogens is 464 g/mol. The third kappa shape index (κ3) is 4.96. The smallest absolute Gasteiger partial charge is 0.355 e. The first-order valence-corrected chi connectivity index (χ1v) is 9.71. The summed E-state index contributed by atoms with van der Waals surface area (Å²) in [6.07, 6.45) is -1.47. The highest BCUT2D eigenvalue weighted by molar-refractivity contribution is 6.32. The van der Waals surface area contributed by atoms with Crippen molar-refractivity contribution >= 4 is 34.1 Å². The summed E-state index contributed by atoms with van der Waals surface area (Å²) in [7, 11) is 0. The Bertz CT molecular complexity index is 1350. The van der Waals surface area contributed by atoms with Crippen LogP contribution in [0.4, 0.5) is 23.4 Å². The standard InChI is InChI=1S/C22H13ClF4N4O2/c23-17-10-14(22(25,26)27)11-28-21(17)30-29-8-7-19(32)13-3-6-18-16(9-13)20(33-31-18)12-1-4-15(24)5-2-12/h1-11,29H,(H,28,30)/b8-7+. The zero-order chi connectivity index (χ0) is 23.6. The summed E-state index contributed by atoms with van der Waals surface area (Å²) in [5.41, 5.74) is 5.51. The van der Waals surface area contributed by atoms with E-state index >= 15 is 0 Å². The number of carbonyl (C=O) groups is 1. The molecule has 0 atom stereocenters. The Labute approximate surface area is 188 Å². The van der Waals surface area contributed by atoms with E-state index in [0.717, 1.165) is 6.07 Å². The summed E-state index contributed by atoms with van der Waals surface area (Å²) in [6.45, 7) is 0. The van der Waals surface area contributed by atoms with E-state index in [1.807, 2.05) is 0 Å². The van der Waals surface area contributed by atoms with E-state index in [2.05, 4.69) is 21.0 Å². The van der Waals surface area contributed by atoms with Gasteiger partial charge in [-0.25, -0.2) is 9.37 Å². The molecule has 0 saturated carbocycles. The Hall–Kier alpha value is -3.92. The molecule has 0 amide bonds. The van der Waals surface area contributed by atoms with Crippen molar-refractivity contribution in [1.82, 2.24) is 15.6 Å². The number of alkyl halides is 3. The number of anilines is 1. The molecule has 0 fully saturated rings. The number of allylic oxidation sites excluding steroid dienone is 1. The number of ketones is 1. The van der Waals surface area contributed by atoms with E-state index in [1.54, 1.807) is 30.3 Å². The van der Waals surface area contributed by atoms with E-state index in [4.69, 9.17) is 16.1 Å². The third-order valence-corrected chi connectivity index (χ3v) is 4.83. The maximum Gasteiger partial charge on any atom is 0.417 e. The van der Waals surface area contributed by atoms with Gasteiger partial charge in [0.2, 0.25) is 0 Å². The van der Waals surface area contributed by atoms with E-state index < -0.39 is 17.6 Å². The van der Waals surface area contributed by atoms with Gasteiger partial charge in [0.1, 0.15) is 11.3 Å². The molecule has 11 heteroatoms. The predicted molar refractivity (Wildman–Crippen MR) is 114 cm³/mol. The molecule has 0 aliphatic rings. The zero-order valence-corrected chi connectivity index (χ0v) is 17.2. The molecule has 0 spiro atoms. The van der Waals surface area contributed by atoms with Crippen LogP contribution in [0.3, 0.4) is 0 Å². The van der Waals surface area contributed by atoms with Gasteiger partial charge in [-0.1, -0.05) is 16.8 Å². The van der Waals surface area contributed by atoms with Crippen LogP contribution in [0.1, 0.15) is 15.9 Å². The molecule has 0 aliphatic carbocycles. The van der Waals surface area contributed by atoms with Crippen molar-refractivity contribution in [3.05, 3.63) is 89.0 Å². The Morgan fingerprint density at radius 1 is 1.09 bits per heavy atom. The number of benzene rings is 2. The molecule has 168 valence electrons. The number of nitrogens with zero attached hydrogens (tertiary/aromatic N) is 2. The lowest BCUT2D eigenvalue weighted by Crippen LogP contribution is -2.17. The normalized spacial score (nSPS) is 11.8. The van der Waals surface area contributed by atoms with Crippen LogP contribution >= 0.6 is 11.6 Å². The molecule has 0 saturated heterocycles. The maximum atomic E-state index is 13.2. The molecule has 0 bridgehead atoms. The van der Waals surface area contributed by atoms with Crippen LogP contribution in [0.25, 0.3) is 22.2 Å². The van der Waals surface area contributed by atoms with Crippen LogP contribution in [0.15, 0.2) is 71.5 Å². The van der Waals surface area contributed by atoms with Crippen molar-refractivity contribution in [2.75, 3.05) is 5.43 Å². The molecule has 2 N–H and O–H groups in total. The van der Waals surface area contributed by atoms with Crippen LogP contribution in [-0.4, -0.2) is 15.9 Å². The number of hydrazine groups is 1. The second kappa shape index (κ2) is 8.91. The Morgan fingerprint density at radius 3 is 2.55 bits per heavy atom. The first-order valence-electron chi connectivity index (χ1n) is 9.33. The lowest BCUT2D eigenvalue weighted by atomic mass is 10.0. The average molecular weight is 477 g/mol. The number of fused-ring (bicyclic) bond motifs is 1. The molecule has 2 aromatic carbocycles. The molecule has 2 heterocycles. The summed E-state index contributed by atoms with van der Waals surface area (Å²) in [4.78, 5) is 16.1. The Balaban J connectivity index is 1.46. The lowest BCUT2D eigenvalue weighted by molar-refractivity contribution is -0.137. The molecule has 2 aromatic heterocycles. The SMILES string of the molecule is O=C(/C=C/NNc1ncc(C(F)(F)F)cc1Cl)c1ccc2noc(-c3ccc(F)cc3)c2c1. The average Bonchev–Trinajstić information content (AvgIpc) is 3.20. The van der Waals surface area contributed by atoms with E-state index in [-0.39, 0.29) is 16.6 Å². The van der Waals surface area contributed by atoms with Crippen molar-refractivity contribution in [2.24, 2.45) is 0 Å². The number of hydrogen-bond donors (Lipinski definition) is 2. The largest absolute Gasteiger partial charge is 0.417 e. The molecule has 33 heavy (non-hydrogen) atoms. The van der Waals surface area contributed by atoms with E-state index in [0.29, 0.717) is 34.0 Å². The highest BCUT2D eigenvalue weighted by Crippen LogP contribution is 2.32. The van der Waals surface area contributed by atoms with Crippen LogP contribution in [0.5, 0.6) is 0 Å². The molecule has 4 aromatic rings.